The zero-order valence-corrected chi connectivity index (χ0v) is 16.0. The van der Waals surface area contributed by atoms with Crippen LogP contribution >= 0.6 is 0 Å². The topological polar surface area (TPSA) is 95.3 Å². The Balaban J connectivity index is 1.62. The Morgan fingerprint density at radius 2 is 1.89 bits per heavy atom. The lowest BCUT2D eigenvalue weighted by Crippen LogP contribution is -2.30. The van der Waals surface area contributed by atoms with Gasteiger partial charge in [-0.1, -0.05) is 5.21 Å². The van der Waals surface area contributed by atoms with Crippen LogP contribution in [0.15, 0.2) is 42.5 Å². The van der Waals surface area contributed by atoms with Crippen LogP contribution in [0.5, 0.6) is 5.75 Å². The highest BCUT2D eigenvalue weighted by Crippen LogP contribution is 2.17. The second-order valence-electron chi connectivity index (χ2n) is 6.10. The average molecular weight is 382 g/mol. The quantitative estimate of drug-likeness (QED) is 0.631. The minimum Gasteiger partial charge on any atom is -0.494 e. The van der Waals surface area contributed by atoms with Crippen molar-refractivity contribution in [3.05, 3.63) is 48.0 Å². The summed E-state index contributed by atoms with van der Waals surface area (Å²) in [5.41, 5.74) is 2.34. The van der Waals surface area contributed by atoms with Gasteiger partial charge in [0.15, 0.2) is 6.10 Å². The summed E-state index contributed by atoms with van der Waals surface area (Å²) in [7, 11) is 0. The van der Waals surface area contributed by atoms with Crippen molar-refractivity contribution < 1.29 is 19.1 Å². The maximum Gasteiger partial charge on any atom is 0.338 e. The van der Waals surface area contributed by atoms with E-state index in [2.05, 4.69) is 15.6 Å². The number of nitrogens with zero attached hydrogens (tertiary/aromatic N) is 3. The van der Waals surface area contributed by atoms with Crippen LogP contribution in [-0.4, -0.2) is 39.6 Å². The van der Waals surface area contributed by atoms with Gasteiger partial charge < -0.3 is 14.8 Å². The predicted octanol–water partition coefficient (Wildman–Crippen LogP) is 3.03. The molecule has 1 N–H and O–H groups in total. The van der Waals surface area contributed by atoms with Crippen LogP contribution in [-0.2, 0) is 16.1 Å². The number of anilines is 1. The van der Waals surface area contributed by atoms with Crippen LogP contribution in [0.1, 0.15) is 31.1 Å². The number of fused-ring (bicyclic) bond motifs is 1. The van der Waals surface area contributed by atoms with E-state index < -0.39 is 18.0 Å². The molecule has 0 aliphatic carbocycles. The third-order valence-corrected chi connectivity index (χ3v) is 4.14. The first-order valence-electron chi connectivity index (χ1n) is 9.09. The summed E-state index contributed by atoms with van der Waals surface area (Å²) in [5, 5.41) is 10.8. The van der Waals surface area contributed by atoms with Crippen molar-refractivity contribution in [2.45, 2.75) is 33.4 Å². The summed E-state index contributed by atoms with van der Waals surface area (Å²) in [6.07, 6.45) is -0.957. The molecule has 0 aliphatic rings. The van der Waals surface area contributed by atoms with Crippen LogP contribution in [0.2, 0.25) is 0 Å². The SMILES string of the molecule is CCOc1ccc(NC(=O)[C@H](C)OC(=O)c2ccc3c(c2)nnn3CC)cc1. The fourth-order valence-electron chi connectivity index (χ4n) is 2.66. The molecule has 8 heteroatoms. The molecular formula is C20H22N4O4. The minimum atomic E-state index is -0.957. The number of rotatable bonds is 7. The van der Waals surface area contributed by atoms with Gasteiger partial charge in [0.25, 0.3) is 5.91 Å². The van der Waals surface area contributed by atoms with Gasteiger partial charge in [-0.2, -0.15) is 0 Å². The highest BCUT2D eigenvalue weighted by molar-refractivity contribution is 5.98. The van der Waals surface area contributed by atoms with E-state index in [1.165, 1.54) is 6.92 Å². The molecule has 0 aliphatic heterocycles. The molecule has 28 heavy (non-hydrogen) atoms. The van der Waals surface area contributed by atoms with Gasteiger partial charge in [0.2, 0.25) is 0 Å². The third kappa shape index (κ3) is 4.28. The number of aryl methyl sites for hydroxylation is 1. The number of aromatic nitrogens is 3. The maximum atomic E-state index is 12.4. The Kier molecular flexibility index (Phi) is 5.88. The first-order valence-corrected chi connectivity index (χ1v) is 9.09. The van der Waals surface area contributed by atoms with E-state index in [-0.39, 0.29) is 0 Å². The zero-order valence-electron chi connectivity index (χ0n) is 16.0. The van der Waals surface area contributed by atoms with Gasteiger partial charge in [0, 0.05) is 12.2 Å². The standard InChI is InChI=1S/C20H22N4O4/c1-4-24-18-11-6-14(12-17(18)22-23-24)20(26)28-13(3)19(25)21-15-7-9-16(10-8-15)27-5-2/h6-13H,4-5H2,1-3H3,(H,21,25)/t13-/m0/s1. The fourth-order valence-corrected chi connectivity index (χ4v) is 2.66. The molecule has 8 nitrogen and oxygen atoms in total. The Bertz CT molecular complexity index is 982. The van der Waals surface area contributed by atoms with Gasteiger partial charge in [-0.05, 0) is 63.2 Å². The number of nitrogens with one attached hydrogen (secondary N) is 1. The van der Waals surface area contributed by atoms with Gasteiger partial charge in [0.1, 0.15) is 11.3 Å². The van der Waals surface area contributed by atoms with Gasteiger partial charge >= 0.3 is 5.97 Å². The van der Waals surface area contributed by atoms with Crippen LogP contribution in [0.4, 0.5) is 5.69 Å². The van der Waals surface area contributed by atoms with Crippen LogP contribution in [0.3, 0.4) is 0 Å². The molecule has 1 aromatic heterocycles. The predicted molar refractivity (Wildman–Crippen MR) is 104 cm³/mol. The highest BCUT2D eigenvalue weighted by atomic mass is 16.5. The number of carbonyl (C=O) groups is 2. The molecule has 0 fully saturated rings. The van der Waals surface area contributed by atoms with Gasteiger partial charge in [-0.25, -0.2) is 9.48 Å². The Labute approximate surface area is 162 Å². The first kappa shape index (κ1) is 19.3. The molecular weight excluding hydrogens is 360 g/mol. The number of carbonyl (C=O) groups excluding carboxylic acids is 2. The summed E-state index contributed by atoms with van der Waals surface area (Å²) >= 11 is 0. The molecule has 0 unspecified atom stereocenters. The third-order valence-electron chi connectivity index (χ3n) is 4.14. The van der Waals surface area contributed by atoms with Crippen molar-refractivity contribution in [3.8, 4) is 5.75 Å². The minimum absolute atomic E-state index is 0.316. The lowest BCUT2D eigenvalue weighted by atomic mass is 10.2. The van der Waals surface area contributed by atoms with Crippen molar-refractivity contribution in [1.29, 1.82) is 0 Å². The Morgan fingerprint density at radius 3 is 2.57 bits per heavy atom. The first-order chi connectivity index (χ1) is 13.5. The summed E-state index contributed by atoms with van der Waals surface area (Å²) in [6.45, 7) is 6.63. The Hall–Kier alpha value is -3.42. The van der Waals surface area contributed by atoms with Crippen LogP contribution in [0, 0.1) is 0 Å². The molecule has 0 saturated carbocycles. The second-order valence-corrected chi connectivity index (χ2v) is 6.10. The van der Waals surface area contributed by atoms with Crippen molar-refractivity contribution >= 4 is 28.6 Å². The number of ether oxygens (including phenoxy) is 2. The fraction of sp³-hybridized carbons (Fsp3) is 0.300. The summed E-state index contributed by atoms with van der Waals surface area (Å²) < 4.78 is 12.4. The second kappa shape index (κ2) is 8.51. The van der Waals surface area contributed by atoms with E-state index in [9.17, 15) is 9.59 Å². The summed E-state index contributed by atoms with van der Waals surface area (Å²) in [6, 6.07) is 12.0. The van der Waals surface area contributed by atoms with Gasteiger partial charge in [0.05, 0.1) is 17.7 Å². The molecule has 0 spiro atoms. The van der Waals surface area contributed by atoms with Crippen LogP contribution in [0.25, 0.3) is 11.0 Å². The summed E-state index contributed by atoms with van der Waals surface area (Å²) in [5.74, 6) is -0.298. The number of amides is 1. The van der Waals surface area contributed by atoms with Crippen molar-refractivity contribution in [2.24, 2.45) is 0 Å². The average Bonchev–Trinajstić information content (AvgIpc) is 3.11. The number of hydrogen-bond acceptors (Lipinski definition) is 6. The maximum absolute atomic E-state index is 12.4. The smallest absolute Gasteiger partial charge is 0.338 e. The van der Waals surface area contributed by atoms with E-state index in [0.29, 0.717) is 29.9 Å². The van der Waals surface area contributed by atoms with E-state index in [1.807, 2.05) is 13.8 Å². The van der Waals surface area contributed by atoms with E-state index in [1.54, 1.807) is 47.1 Å². The van der Waals surface area contributed by atoms with Crippen molar-refractivity contribution in [3.63, 3.8) is 0 Å². The largest absolute Gasteiger partial charge is 0.494 e. The van der Waals surface area contributed by atoms with E-state index >= 15 is 0 Å². The molecule has 1 amide bonds. The molecule has 0 bridgehead atoms. The summed E-state index contributed by atoms with van der Waals surface area (Å²) in [4.78, 5) is 24.7. The molecule has 1 heterocycles. The Morgan fingerprint density at radius 1 is 1.14 bits per heavy atom. The van der Waals surface area contributed by atoms with E-state index in [0.717, 1.165) is 11.3 Å². The molecule has 3 rings (SSSR count). The van der Waals surface area contributed by atoms with Crippen molar-refractivity contribution in [1.82, 2.24) is 15.0 Å². The lowest BCUT2D eigenvalue weighted by molar-refractivity contribution is -0.123. The highest BCUT2D eigenvalue weighted by Gasteiger charge is 2.20. The molecule has 3 aromatic rings. The lowest BCUT2D eigenvalue weighted by Gasteiger charge is -2.14. The van der Waals surface area contributed by atoms with E-state index in [4.69, 9.17) is 9.47 Å². The number of benzene rings is 2. The zero-order chi connectivity index (χ0) is 20.1. The van der Waals surface area contributed by atoms with Crippen LogP contribution < -0.4 is 10.1 Å². The molecule has 0 radical (unpaired) electrons. The number of esters is 1. The monoisotopic (exact) mass is 382 g/mol. The van der Waals surface area contributed by atoms with Gasteiger partial charge in [-0.15, -0.1) is 5.10 Å². The number of hydrogen-bond donors (Lipinski definition) is 1. The normalized spacial score (nSPS) is 11.8. The van der Waals surface area contributed by atoms with Crippen molar-refractivity contribution in [2.75, 3.05) is 11.9 Å². The molecule has 2 aromatic carbocycles. The van der Waals surface area contributed by atoms with Gasteiger partial charge in [-0.3, -0.25) is 4.79 Å². The molecule has 0 saturated heterocycles. The molecule has 146 valence electrons. The molecule has 1 atom stereocenters.